The average molecular weight is 242 g/mol. The van der Waals surface area contributed by atoms with Gasteiger partial charge in [0, 0.05) is 7.05 Å². The third-order valence-electron chi connectivity index (χ3n) is 2.62. The van der Waals surface area contributed by atoms with E-state index in [1.807, 2.05) is 11.9 Å². The number of rotatable bonds is 0. The van der Waals surface area contributed by atoms with Gasteiger partial charge in [-0.05, 0) is 17.5 Å². The molecule has 0 radical (unpaired) electrons. The van der Waals surface area contributed by atoms with E-state index in [4.69, 9.17) is 16.3 Å². The molecular formula is C11H16ClN3O. The molecule has 1 aromatic rings. The fraction of sp³-hybridized carbons (Fsp3) is 0.636. The second kappa shape index (κ2) is 4.87. The summed E-state index contributed by atoms with van der Waals surface area (Å²) in [6, 6.07) is 0. The van der Waals surface area contributed by atoms with Gasteiger partial charge in [0.05, 0.1) is 12.7 Å². The number of halogens is 1. The average Bonchev–Trinajstić information content (AvgIpc) is 3.03. The van der Waals surface area contributed by atoms with Crippen molar-refractivity contribution in [2.75, 3.05) is 25.1 Å². The molecule has 2 aliphatic rings. The van der Waals surface area contributed by atoms with E-state index in [1.165, 1.54) is 12.8 Å². The molecule has 88 valence electrons. The highest BCUT2D eigenvalue weighted by Gasteiger charge is 2.16. The molecule has 5 heteroatoms. The summed E-state index contributed by atoms with van der Waals surface area (Å²) in [6.07, 6.45) is 4.57. The van der Waals surface area contributed by atoms with Gasteiger partial charge in [-0.2, -0.15) is 4.98 Å². The molecule has 0 spiro atoms. The van der Waals surface area contributed by atoms with Gasteiger partial charge in [-0.25, -0.2) is 4.98 Å². The molecule has 0 saturated heterocycles. The van der Waals surface area contributed by atoms with Crippen LogP contribution in [0.2, 0.25) is 5.28 Å². The number of hydrogen-bond donors (Lipinski definition) is 0. The lowest BCUT2D eigenvalue weighted by atomic mass is 10.4. The minimum absolute atomic E-state index is 0.256. The third kappa shape index (κ3) is 2.98. The molecule has 0 atom stereocenters. The van der Waals surface area contributed by atoms with Crippen LogP contribution in [0.5, 0.6) is 5.75 Å². The Hall–Kier alpha value is -1.03. The lowest BCUT2D eigenvalue weighted by molar-refractivity contribution is 0.307. The number of anilines is 1. The van der Waals surface area contributed by atoms with Crippen molar-refractivity contribution in [2.45, 2.75) is 19.8 Å². The first-order valence-corrected chi connectivity index (χ1v) is 5.91. The van der Waals surface area contributed by atoms with E-state index in [-0.39, 0.29) is 5.28 Å². The van der Waals surface area contributed by atoms with Gasteiger partial charge >= 0.3 is 0 Å². The molecule has 0 bridgehead atoms. The smallest absolute Gasteiger partial charge is 0.224 e. The zero-order chi connectivity index (χ0) is 11.5. The van der Waals surface area contributed by atoms with Gasteiger partial charge in [-0.1, -0.05) is 19.8 Å². The van der Waals surface area contributed by atoms with E-state index < -0.39 is 0 Å². The van der Waals surface area contributed by atoms with Crippen LogP contribution in [0.3, 0.4) is 0 Å². The number of hydrogen-bond acceptors (Lipinski definition) is 4. The Morgan fingerprint density at radius 1 is 1.50 bits per heavy atom. The van der Waals surface area contributed by atoms with Crippen LogP contribution >= 0.6 is 11.6 Å². The molecule has 1 saturated carbocycles. The second-order valence-corrected chi connectivity index (χ2v) is 4.62. The molecular weight excluding hydrogens is 226 g/mol. The number of nitrogens with zero attached hydrogens (tertiary/aromatic N) is 3. The van der Waals surface area contributed by atoms with Crippen LogP contribution in [0.1, 0.15) is 19.8 Å². The van der Waals surface area contributed by atoms with Crippen LogP contribution in [0.25, 0.3) is 0 Å². The normalized spacial score (nSPS) is 18.1. The molecule has 0 amide bonds. The van der Waals surface area contributed by atoms with Crippen molar-refractivity contribution in [3.63, 3.8) is 0 Å². The summed E-state index contributed by atoms with van der Waals surface area (Å²) in [4.78, 5) is 9.87. The summed E-state index contributed by atoms with van der Waals surface area (Å²) < 4.78 is 5.32. The number of likely N-dealkylation sites (N-methyl/N-ethyl adjacent to an activating group) is 1. The van der Waals surface area contributed by atoms with Crippen LogP contribution in [0.4, 0.5) is 5.82 Å². The fourth-order valence-electron chi connectivity index (χ4n) is 1.28. The molecule has 16 heavy (non-hydrogen) atoms. The van der Waals surface area contributed by atoms with Crippen LogP contribution in [0, 0.1) is 5.92 Å². The Morgan fingerprint density at radius 3 is 2.81 bits per heavy atom. The van der Waals surface area contributed by atoms with Gasteiger partial charge in [-0.15, -0.1) is 0 Å². The van der Waals surface area contributed by atoms with E-state index >= 15 is 0 Å². The highest BCUT2D eigenvalue weighted by molar-refractivity contribution is 6.28. The number of aromatic nitrogens is 2. The summed E-state index contributed by atoms with van der Waals surface area (Å²) in [5.41, 5.74) is 0. The van der Waals surface area contributed by atoms with Crippen molar-refractivity contribution in [3.8, 4) is 5.75 Å². The quantitative estimate of drug-likeness (QED) is 0.654. The Morgan fingerprint density at radius 2 is 2.19 bits per heavy atom. The fourth-order valence-corrected chi connectivity index (χ4v) is 1.41. The Bertz CT molecular complexity index is 368. The van der Waals surface area contributed by atoms with Gasteiger partial charge < -0.3 is 9.64 Å². The predicted octanol–water partition coefficient (Wildman–Crippen LogP) is 2.37. The monoisotopic (exact) mass is 241 g/mol. The molecule has 0 unspecified atom stereocenters. The van der Waals surface area contributed by atoms with Crippen LogP contribution < -0.4 is 9.64 Å². The van der Waals surface area contributed by atoms with Crippen LogP contribution in [-0.2, 0) is 0 Å². The van der Waals surface area contributed by atoms with Gasteiger partial charge in [0.1, 0.15) is 6.61 Å². The van der Waals surface area contributed by atoms with E-state index in [0.29, 0.717) is 12.4 Å². The third-order valence-corrected chi connectivity index (χ3v) is 2.80. The summed E-state index contributed by atoms with van der Waals surface area (Å²) in [6.45, 7) is 3.79. The maximum absolute atomic E-state index is 5.64. The molecule has 1 fully saturated rings. The van der Waals surface area contributed by atoms with Crippen molar-refractivity contribution in [1.29, 1.82) is 0 Å². The minimum atomic E-state index is 0.256. The van der Waals surface area contributed by atoms with Crippen molar-refractivity contribution >= 4 is 17.4 Å². The van der Waals surface area contributed by atoms with Crippen molar-refractivity contribution in [1.82, 2.24) is 9.97 Å². The summed E-state index contributed by atoms with van der Waals surface area (Å²) in [5, 5.41) is 0.256. The maximum Gasteiger partial charge on any atom is 0.224 e. The van der Waals surface area contributed by atoms with Gasteiger partial charge in [0.2, 0.25) is 5.28 Å². The van der Waals surface area contributed by atoms with Gasteiger partial charge in [0.25, 0.3) is 0 Å². The highest BCUT2D eigenvalue weighted by atomic mass is 35.5. The van der Waals surface area contributed by atoms with Crippen LogP contribution in [0.15, 0.2) is 6.20 Å². The van der Waals surface area contributed by atoms with Gasteiger partial charge in [-0.3, -0.25) is 0 Å². The molecule has 1 aromatic heterocycles. The topological polar surface area (TPSA) is 38.2 Å². The molecule has 2 heterocycles. The van der Waals surface area contributed by atoms with E-state index in [0.717, 1.165) is 18.3 Å². The summed E-state index contributed by atoms with van der Waals surface area (Å²) >= 11 is 5.64. The van der Waals surface area contributed by atoms with Crippen molar-refractivity contribution in [2.24, 2.45) is 5.92 Å². The predicted molar refractivity (Wildman–Crippen MR) is 64.2 cm³/mol. The second-order valence-electron chi connectivity index (χ2n) is 4.28. The van der Waals surface area contributed by atoms with Crippen LogP contribution in [-0.4, -0.2) is 30.2 Å². The summed E-state index contributed by atoms with van der Waals surface area (Å²) in [5.74, 6) is 2.55. The Balaban J connectivity index is 0.000000203. The minimum Gasteiger partial charge on any atom is -0.486 e. The first-order valence-electron chi connectivity index (χ1n) is 5.53. The lowest BCUT2D eigenvalue weighted by Gasteiger charge is -2.25. The zero-order valence-corrected chi connectivity index (χ0v) is 10.4. The van der Waals surface area contributed by atoms with Gasteiger partial charge in [0.15, 0.2) is 11.6 Å². The van der Waals surface area contributed by atoms with Crippen molar-refractivity contribution < 1.29 is 4.74 Å². The highest BCUT2D eigenvalue weighted by Crippen LogP contribution is 2.28. The first kappa shape index (κ1) is 11.5. The van der Waals surface area contributed by atoms with E-state index in [2.05, 4.69) is 16.9 Å². The molecule has 0 aromatic carbocycles. The maximum atomic E-state index is 5.64. The largest absolute Gasteiger partial charge is 0.486 e. The number of fused-ring (bicyclic) bond motifs is 1. The zero-order valence-electron chi connectivity index (χ0n) is 9.61. The molecule has 3 rings (SSSR count). The van der Waals surface area contributed by atoms with E-state index in [9.17, 15) is 0 Å². The molecule has 4 nitrogen and oxygen atoms in total. The Kier molecular flexibility index (Phi) is 3.49. The standard InChI is InChI=1S/C7H8ClN3O.C4H8/c1-11-2-3-12-5-4-9-7(8)10-6(5)11;1-4-2-3-4/h4H,2-3H2,1H3;4H,2-3H2,1H3. The SMILES string of the molecule is CC1CC1.CN1CCOc2cnc(Cl)nc21. The molecule has 1 aliphatic heterocycles. The molecule has 0 N–H and O–H groups in total. The van der Waals surface area contributed by atoms with Crippen molar-refractivity contribution in [3.05, 3.63) is 11.5 Å². The Labute approximate surface area is 101 Å². The number of ether oxygens (including phenoxy) is 1. The lowest BCUT2D eigenvalue weighted by Crippen LogP contribution is -2.29. The van der Waals surface area contributed by atoms with E-state index in [1.54, 1.807) is 6.20 Å². The molecule has 1 aliphatic carbocycles. The summed E-state index contributed by atoms with van der Waals surface area (Å²) in [7, 11) is 1.95. The first-order chi connectivity index (χ1) is 7.66.